The molecule has 2 unspecified atom stereocenters. The van der Waals surface area contributed by atoms with Crippen molar-refractivity contribution in [2.24, 2.45) is 0 Å². The van der Waals surface area contributed by atoms with Gasteiger partial charge in [-0.05, 0) is 39.2 Å². The zero-order valence-corrected chi connectivity index (χ0v) is 14.0. The third-order valence-corrected chi connectivity index (χ3v) is 4.46. The van der Waals surface area contributed by atoms with Gasteiger partial charge in [0, 0.05) is 32.1 Å². The summed E-state index contributed by atoms with van der Waals surface area (Å²) in [7, 11) is 1.95. The van der Waals surface area contributed by atoms with E-state index < -0.39 is 0 Å². The summed E-state index contributed by atoms with van der Waals surface area (Å²) in [5, 5.41) is 3.26. The fraction of sp³-hybridized carbons (Fsp3) is 0.867. The van der Waals surface area contributed by atoms with E-state index in [-0.39, 0.29) is 30.3 Å². The van der Waals surface area contributed by atoms with Crippen molar-refractivity contribution >= 4 is 24.2 Å². The van der Waals surface area contributed by atoms with E-state index in [1.165, 1.54) is 0 Å². The summed E-state index contributed by atoms with van der Waals surface area (Å²) in [6.45, 7) is 4.37. The molecule has 2 rings (SSSR count). The molecule has 1 N–H and O–H groups in total. The Balaban J connectivity index is 0.00000220. The number of likely N-dealkylation sites (N-methyl/N-ethyl adjacent to an activating group) is 1. The molecule has 2 saturated heterocycles. The van der Waals surface area contributed by atoms with Gasteiger partial charge in [0.15, 0.2) is 0 Å². The van der Waals surface area contributed by atoms with E-state index in [1.807, 2.05) is 23.8 Å². The summed E-state index contributed by atoms with van der Waals surface area (Å²) in [4.78, 5) is 28.6. The van der Waals surface area contributed by atoms with Crippen LogP contribution in [0.1, 0.15) is 45.4 Å². The third-order valence-electron chi connectivity index (χ3n) is 4.46. The first-order valence-electron chi connectivity index (χ1n) is 7.93. The van der Waals surface area contributed by atoms with Crippen LogP contribution in [-0.2, 0) is 9.59 Å². The first-order valence-corrected chi connectivity index (χ1v) is 7.93. The van der Waals surface area contributed by atoms with Crippen molar-refractivity contribution in [1.82, 2.24) is 15.1 Å². The molecule has 0 saturated carbocycles. The summed E-state index contributed by atoms with van der Waals surface area (Å²) in [6, 6.07) is 0.193. The van der Waals surface area contributed by atoms with Crippen LogP contribution in [0.5, 0.6) is 0 Å². The Hall–Kier alpha value is -0.810. The van der Waals surface area contributed by atoms with E-state index in [0.717, 1.165) is 51.7 Å². The van der Waals surface area contributed by atoms with Gasteiger partial charge in [0.2, 0.25) is 11.8 Å². The monoisotopic (exact) mass is 317 g/mol. The Labute approximate surface area is 133 Å². The highest BCUT2D eigenvalue weighted by Gasteiger charge is 2.37. The van der Waals surface area contributed by atoms with Gasteiger partial charge in [0.05, 0.1) is 0 Å². The zero-order valence-electron chi connectivity index (χ0n) is 13.1. The number of nitrogens with one attached hydrogen (secondary N) is 1. The van der Waals surface area contributed by atoms with Crippen LogP contribution in [0, 0.1) is 0 Å². The van der Waals surface area contributed by atoms with Gasteiger partial charge in [-0.2, -0.15) is 0 Å². The van der Waals surface area contributed by atoms with E-state index in [0.29, 0.717) is 12.5 Å². The fourth-order valence-corrected chi connectivity index (χ4v) is 3.30. The van der Waals surface area contributed by atoms with Crippen LogP contribution in [0.25, 0.3) is 0 Å². The SMILES string of the molecule is CCCC(=O)N1CCCC1C(=O)N1CCCC(NC)C1.Cl. The minimum atomic E-state index is -0.204. The molecule has 2 heterocycles. The molecule has 0 radical (unpaired) electrons. The average molecular weight is 318 g/mol. The maximum absolute atomic E-state index is 12.7. The van der Waals surface area contributed by atoms with Gasteiger partial charge in [-0.25, -0.2) is 0 Å². The van der Waals surface area contributed by atoms with Gasteiger partial charge in [-0.15, -0.1) is 12.4 Å². The van der Waals surface area contributed by atoms with E-state index in [4.69, 9.17) is 0 Å². The number of nitrogens with zero attached hydrogens (tertiary/aromatic N) is 2. The van der Waals surface area contributed by atoms with Crippen LogP contribution in [-0.4, -0.2) is 60.4 Å². The lowest BCUT2D eigenvalue weighted by molar-refractivity contribution is -0.144. The molecule has 0 aromatic carbocycles. The molecule has 2 amide bonds. The van der Waals surface area contributed by atoms with Crippen LogP contribution in [0.3, 0.4) is 0 Å². The molecule has 0 aliphatic carbocycles. The summed E-state index contributed by atoms with van der Waals surface area (Å²) >= 11 is 0. The van der Waals surface area contributed by atoms with Crippen molar-refractivity contribution < 1.29 is 9.59 Å². The highest BCUT2D eigenvalue weighted by Crippen LogP contribution is 2.22. The third kappa shape index (κ3) is 4.33. The molecule has 6 heteroatoms. The second kappa shape index (κ2) is 8.59. The van der Waals surface area contributed by atoms with Gasteiger partial charge >= 0.3 is 0 Å². The van der Waals surface area contributed by atoms with Gasteiger partial charge in [-0.3, -0.25) is 9.59 Å². The Bertz CT molecular complexity index is 365. The number of halogens is 1. The fourth-order valence-electron chi connectivity index (χ4n) is 3.30. The molecule has 2 aliphatic rings. The quantitative estimate of drug-likeness (QED) is 0.853. The standard InChI is InChI=1S/C15H27N3O2.ClH/c1-3-6-14(19)18-10-5-8-13(18)15(20)17-9-4-7-12(11-17)16-2;/h12-13,16H,3-11H2,1-2H3;1H. The smallest absolute Gasteiger partial charge is 0.245 e. The highest BCUT2D eigenvalue weighted by molar-refractivity contribution is 5.88. The Morgan fingerprint density at radius 3 is 2.57 bits per heavy atom. The van der Waals surface area contributed by atoms with Crippen molar-refractivity contribution in [2.75, 3.05) is 26.7 Å². The Morgan fingerprint density at radius 2 is 1.90 bits per heavy atom. The summed E-state index contributed by atoms with van der Waals surface area (Å²) in [6.07, 6.45) is 5.37. The molecule has 0 aromatic heterocycles. The van der Waals surface area contributed by atoms with Crippen molar-refractivity contribution in [2.45, 2.75) is 57.5 Å². The van der Waals surface area contributed by atoms with Gasteiger partial charge < -0.3 is 15.1 Å². The van der Waals surface area contributed by atoms with Gasteiger partial charge in [0.25, 0.3) is 0 Å². The van der Waals surface area contributed by atoms with E-state index in [1.54, 1.807) is 0 Å². The normalized spacial score (nSPS) is 25.6. The molecule has 5 nitrogen and oxygen atoms in total. The second-order valence-corrected chi connectivity index (χ2v) is 5.91. The molecular weight excluding hydrogens is 290 g/mol. The average Bonchev–Trinajstić information content (AvgIpc) is 2.96. The van der Waals surface area contributed by atoms with Crippen molar-refractivity contribution in [3.05, 3.63) is 0 Å². The predicted molar refractivity (Wildman–Crippen MR) is 85.6 cm³/mol. The maximum Gasteiger partial charge on any atom is 0.245 e. The predicted octanol–water partition coefficient (Wildman–Crippen LogP) is 1.41. The minimum Gasteiger partial charge on any atom is -0.339 e. The molecule has 0 aromatic rings. The lowest BCUT2D eigenvalue weighted by Crippen LogP contribution is -2.53. The molecule has 0 bridgehead atoms. The number of hydrogen-bond acceptors (Lipinski definition) is 3. The Morgan fingerprint density at radius 1 is 1.19 bits per heavy atom. The largest absolute Gasteiger partial charge is 0.339 e. The number of carbonyl (C=O) groups is 2. The molecule has 0 spiro atoms. The molecule has 2 atom stereocenters. The van der Waals surface area contributed by atoms with Crippen LogP contribution in [0.15, 0.2) is 0 Å². The van der Waals surface area contributed by atoms with Crippen molar-refractivity contribution in [3.8, 4) is 0 Å². The minimum absolute atomic E-state index is 0. The first kappa shape index (κ1) is 18.2. The number of hydrogen-bond donors (Lipinski definition) is 1. The first-order chi connectivity index (χ1) is 9.67. The maximum atomic E-state index is 12.7. The van der Waals surface area contributed by atoms with Gasteiger partial charge in [0.1, 0.15) is 6.04 Å². The van der Waals surface area contributed by atoms with Crippen LogP contribution in [0.4, 0.5) is 0 Å². The topological polar surface area (TPSA) is 52.7 Å². The number of rotatable bonds is 4. The molecule has 21 heavy (non-hydrogen) atoms. The molecular formula is C15H28ClN3O2. The molecule has 2 fully saturated rings. The lowest BCUT2D eigenvalue weighted by Gasteiger charge is -2.36. The van der Waals surface area contributed by atoms with Crippen LogP contribution < -0.4 is 5.32 Å². The van der Waals surface area contributed by atoms with Gasteiger partial charge in [-0.1, -0.05) is 6.92 Å². The second-order valence-electron chi connectivity index (χ2n) is 5.91. The molecule has 122 valence electrons. The number of amides is 2. The zero-order chi connectivity index (χ0) is 14.5. The number of carbonyl (C=O) groups excluding carboxylic acids is 2. The van der Waals surface area contributed by atoms with E-state index in [9.17, 15) is 9.59 Å². The summed E-state index contributed by atoms with van der Waals surface area (Å²) in [5.41, 5.74) is 0. The van der Waals surface area contributed by atoms with E-state index in [2.05, 4.69) is 5.32 Å². The van der Waals surface area contributed by atoms with Crippen LogP contribution >= 0.6 is 12.4 Å². The number of likely N-dealkylation sites (tertiary alicyclic amines) is 2. The summed E-state index contributed by atoms with van der Waals surface area (Å²) in [5.74, 6) is 0.303. The lowest BCUT2D eigenvalue weighted by atomic mass is 10.0. The number of piperidine rings is 1. The van der Waals surface area contributed by atoms with E-state index >= 15 is 0 Å². The van der Waals surface area contributed by atoms with Crippen molar-refractivity contribution in [3.63, 3.8) is 0 Å². The summed E-state index contributed by atoms with van der Waals surface area (Å²) < 4.78 is 0. The van der Waals surface area contributed by atoms with Crippen molar-refractivity contribution in [1.29, 1.82) is 0 Å². The highest BCUT2D eigenvalue weighted by atomic mass is 35.5. The van der Waals surface area contributed by atoms with Crippen LogP contribution in [0.2, 0.25) is 0 Å². The Kier molecular flexibility index (Phi) is 7.46. The molecule has 2 aliphatic heterocycles.